The lowest BCUT2D eigenvalue weighted by Gasteiger charge is -2.36. The number of sulfonamides is 1. The van der Waals surface area contributed by atoms with Crippen LogP contribution in [-0.2, 0) is 14.8 Å². The first-order valence-electron chi connectivity index (χ1n) is 15.7. The summed E-state index contributed by atoms with van der Waals surface area (Å²) in [6, 6.07) is 21.1. The molecular weight excluding hydrogens is 606 g/mol. The number of anilines is 1. The van der Waals surface area contributed by atoms with Crippen molar-refractivity contribution in [3.05, 3.63) is 90.0 Å². The lowest BCUT2D eigenvalue weighted by Crippen LogP contribution is -2.48. The number of aliphatic hydroxyl groups excluding tert-OH is 1. The van der Waals surface area contributed by atoms with Crippen molar-refractivity contribution in [1.82, 2.24) is 9.80 Å². The van der Waals surface area contributed by atoms with Crippen molar-refractivity contribution in [2.75, 3.05) is 38.1 Å². The van der Waals surface area contributed by atoms with Gasteiger partial charge in [-0.2, -0.15) is 0 Å². The van der Waals surface area contributed by atoms with Gasteiger partial charge in [0.2, 0.25) is 0 Å². The number of carbonyl (C=O) groups is 2. The number of nitrogens with one attached hydrogen (secondary N) is 1. The standard InChI is InChI=1S/C35H45N3O7S/c1-25-22-38(26(2)24-39)35(41)31-21-29(36-46(42,43)30-16-9-6-10-17-30)18-19-32(31)45-27(3)13-11-12-20-44-33(25)23-37(4)34(40)28-14-7-5-8-15-28/h5-10,14-19,21,25-27,33,36,39H,11-13,20,22-24H2,1-4H3/t25-,26+,27-,33+/m0/s1. The summed E-state index contributed by atoms with van der Waals surface area (Å²) in [6.45, 7) is 6.37. The van der Waals surface area contributed by atoms with Crippen LogP contribution in [-0.4, -0.2) is 86.7 Å². The van der Waals surface area contributed by atoms with Crippen LogP contribution in [0, 0.1) is 5.92 Å². The highest BCUT2D eigenvalue weighted by atomic mass is 32.2. The zero-order valence-corrected chi connectivity index (χ0v) is 27.8. The highest BCUT2D eigenvalue weighted by Crippen LogP contribution is 2.29. The molecule has 0 fully saturated rings. The molecule has 0 spiro atoms. The lowest BCUT2D eigenvalue weighted by atomic mass is 10.0. The highest BCUT2D eigenvalue weighted by Gasteiger charge is 2.31. The van der Waals surface area contributed by atoms with Gasteiger partial charge in [-0.3, -0.25) is 14.3 Å². The molecule has 46 heavy (non-hydrogen) atoms. The van der Waals surface area contributed by atoms with Crippen LogP contribution >= 0.6 is 0 Å². The quantitative estimate of drug-likeness (QED) is 0.349. The fourth-order valence-corrected chi connectivity index (χ4v) is 6.49. The Bertz CT molecular complexity index is 1550. The molecule has 0 saturated heterocycles. The molecule has 0 saturated carbocycles. The SMILES string of the molecule is C[C@H](CO)N1C[C@H](C)[C@@H](CN(C)C(=O)c2ccccc2)OCCCC[C@H](C)Oc2ccc(NS(=O)(=O)c3ccccc3)cc2C1=O. The van der Waals surface area contributed by atoms with E-state index in [1.165, 1.54) is 18.2 Å². The molecule has 11 heteroatoms. The maximum Gasteiger partial charge on any atom is 0.261 e. The van der Waals surface area contributed by atoms with Crippen molar-refractivity contribution in [2.45, 2.75) is 63.2 Å². The Labute approximate surface area is 272 Å². The van der Waals surface area contributed by atoms with Crippen molar-refractivity contribution in [1.29, 1.82) is 0 Å². The first-order chi connectivity index (χ1) is 22.0. The number of ether oxygens (including phenoxy) is 2. The van der Waals surface area contributed by atoms with Crippen LogP contribution < -0.4 is 9.46 Å². The van der Waals surface area contributed by atoms with E-state index >= 15 is 0 Å². The summed E-state index contributed by atoms with van der Waals surface area (Å²) < 4.78 is 41.4. The molecule has 1 aliphatic heterocycles. The molecule has 1 heterocycles. The summed E-state index contributed by atoms with van der Waals surface area (Å²) >= 11 is 0. The molecular formula is C35H45N3O7S. The molecule has 10 nitrogen and oxygen atoms in total. The Balaban J connectivity index is 1.66. The van der Waals surface area contributed by atoms with Gasteiger partial charge in [0, 0.05) is 43.9 Å². The summed E-state index contributed by atoms with van der Waals surface area (Å²) in [7, 11) is -2.17. The molecule has 0 unspecified atom stereocenters. The fraction of sp³-hybridized carbons (Fsp3) is 0.429. The summed E-state index contributed by atoms with van der Waals surface area (Å²) in [5.74, 6) is -0.435. The van der Waals surface area contributed by atoms with Gasteiger partial charge in [0.1, 0.15) is 5.75 Å². The number of aliphatic hydroxyl groups is 1. The molecule has 4 rings (SSSR count). The monoisotopic (exact) mass is 651 g/mol. The minimum Gasteiger partial charge on any atom is -0.490 e. The molecule has 0 aromatic heterocycles. The van der Waals surface area contributed by atoms with E-state index in [1.807, 2.05) is 32.0 Å². The molecule has 0 aliphatic carbocycles. The van der Waals surface area contributed by atoms with Crippen molar-refractivity contribution in [3.8, 4) is 5.75 Å². The van der Waals surface area contributed by atoms with Gasteiger partial charge in [-0.25, -0.2) is 8.42 Å². The predicted molar refractivity (Wildman–Crippen MR) is 178 cm³/mol. The third kappa shape index (κ3) is 9.08. The molecule has 1 aliphatic rings. The molecule has 0 radical (unpaired) electrons. The number of benzene rings is 3. The van der Waals surface area contributed by atoms with Crippen LogP contribution in [0.3, 0.4) is 0 Å². The summed E-state index contributed by atoms with van der Waals surface area (Å²) in [5, 5.41) is 10.2. The van der Waals surface area contributed by atoms with Gasteiger partial charge in [-0.15, -0.1) is 0 Å². The summed E-state index contributed by atoms with van der Waals surface area (Å²) in [5.41, 5.74) is 0.965. The van der Waals surface area contributed by atoms with E-state index in [9.17, 15) is 23.1 Å². The third-order valence-electron chi connectivity index (χ3n) is 8.18. The van der Waals surface area contributed by atoms with Gasteiger partial charge in [0.25, 0.3) is 21.8 Å². The first-order valence-corrected chi connectivity index (χ1v) is 17.2. The smallest absolute Gasteiger partial charge is 0.261 e. The zero-order chi connectivity index (χ0) is 33.3. The van der Waals surface area contributed by atoms with E-state index in [4.69, 9.17) is 9.47 Å². The maximum atomic E-state index is 14.3. The Morgan fingerprint density at radius 3 is 2.39 bits per heavy atom. The maximum absolute atomic E-state index is 14.3. The fourth-order valence-electron chi connectivity index (χ4n) is 5.42. The van der Waals surface area contributed by atoms with Crippen LogP contribution in [0.4, 0.5) is 5.69 Å². The molecule has 0 bridgehead atoms. The number of hydrogen-bond acceptors (Lipinski definition) is 7. The number of nitrogens with zero attached hydrogens (tertiary/aromatic N) is 2. The van der Waals surface area contributed by atoms with Crippen molar-refractivity contribution in [3.63, 3.8) is 0 Å². The Hall–Kier alpha value is -3.93. The van der Waals surface area contributed by atoms with E-state index in [0.29, 0.717) is 30.9 Å². The Morgan fingerprint density at radius 1 is 1.04 bits per heavy atom. The lowest BCUT2D eigenvalue weighted by molar-refractivity contribution is -0.0149. The Morgan fingerprint density at radius 2 is 1.72 bits per heavy atom. The van der Waals surface area contributed by atoms with Gasteiger partial charge < -0.3 is 24.4 Å². The van der Waals surface area contributed by atoms with Crippen molar-refractivity contribution in [2.24, 2.45) is 5.92 Å². The van der Waals surface area contributed by atoms with E-state index in [2.05, 4.69) is 4.72 Å². The summed E-state index contributed by atoms with van der Waals surface area (Å²) in [6.07, 6.45) is 1.71. The average Bonchev–Trinajstić information content (AvgIpc) is 3.06. The van der Waals surface area contributed by atoms with Gasteiger partial charge in [0.05, 0.1) is 35.3 Å². The topological polar surface area (TPSA) is 125 Å². The number of hydrogen-bond donors (Lipinski definition) is 2. The van der Waals surface area contributed by atoms with Crippen LogP contribution in [0.15, 0.2) is 83.8 Å². The Kier molecular flexibility index (Phi) is 12.2. The number of fused-ring (bicyclic) bond motifs is 1. The van der Waals surface area contributed by atoms with Crippen molar-refractivity contribution >= 4 is 27.5 Å². The van der Waals surface area contributed by atoms with E-state index in [1.54, 1.807) is 66.2 Å². The minimum absolute atomic E-state index is 0.0948. The molecule has 4 atom stereocenters. The van der Waals surface area contributed by atoms with E-state index < -0.39 is 22.0 Å². The van der Waals surface area contributed by atoms with Crippen LogP contribution in [0.25, 0.3) is 0 Å². The van der Waals surface area contributed by atoms with E-state index in [0.717, 1.165) is 12.8 Å². The van der Waals surface area contributed by atoms with E-state index in [-0.39, 0.29) is 53.3 Å². The number of rotatable bonds is 8. The molecule has 248 valence electrons. The number of amides is 2. The van der Waals surface area contributed by atoms with Crippen LogP contribution in [0.2, 0.25) is 0 Å². The second-order valence-corrected chi connectivity index (χ2v) is 13.7. The zero-order valence-electron chi connectivity index (χ0n) is 27.0. The number of carbonyl (C=O) groups excluding carboxylic acids is 2. The van der Waals surface area contributed by atoms with Gasteiger partial charge in [0.15, 0.2) is 0 Å². The summed E-state index contributed by atoms with van der Waals surface area (Å²) in [4.78, 5) is 30.8. The van der Waals surface area contributed by atoms with Gasteiger partial charge in [-0.05, 0) is 75.6 Å². The third-order valence-corrected chi connectivity index (χ3v) is 9.58. The highest BCUT2D eigenvalue weighted by molar-refractivity contribution is 7.92. The predicted octanol–water partition coefficient (Wildman–Crippen LogP) is 5.06. The second kappa shape index (κ2) is 16.1. The first kappa shape index (κ1) is 34.9. The van der Waals surface area contributed by atoms with Gasteiger partial charge in [-0.1, -0.05) is 43.3 Å². The van der Waals surface area contributed by atoms with Crippen LogP contribution in [0.5, 0.6) is 5.75 Å². The number of likely N-dealkylation sites (N-methyl/N-ethyl adjacent to an activating group) is 1. The normalized spacial score (nSPS) is 20.5. The van der Waals surface area contributed by atoms with Gasteiger partial charge >= 0.3 is 0 Å². The molecule has 3 aromatic carbocycles. The molecule has 2 amide bonds. The average molecular weight is 652 g/mol. The second-order valence-electron chi connectivity index (χ2n) is 12.0. The minimum atomic E-state index is -3.91. The van der Waals surface area contributed by atoms with Crippen LogP contribution in [0.1, 0.15) is 60.7 Å². The van der Waals surface area contributed by atoms with Crippen molar-refractivity contribution < 1.29 is 32.6 Å². The molecule has 2 N–H and O–H groups in total. The largest absolute Gasteiger partial charge is 0.490 e. The molecule has 3 aromatic rings.